The van der Waals surface area contributed by atoms with Crippen LogP contribution in [-0.2, 0) is 0 Å². The Morgan fingerprint density at radius 2 is 1.95 bits per heavy atom. The lowest BCUT2D eigenvalue weighted by molar-refractivity contribution is 0.112. The highest BCUT2D eigenvalue weighted by atomic mass is 35.5. The Labute approximate surface area is 124 Å². The summed E-state index contributed by atoms with van der Waals surface area (Å²) in [6.07, 6.45) is 0.586. The van der Waals surface area contributed by atoms with Crippen LogP contribution in [0.3, 0.4) is 0 Å². The van der Waals surface area contributed by atoms with Crippen molar-refractivity contribution in [3.05, 3.63) is 44.8 Å². The summed E-state index contributed by atoms with van der Waals surface area (Å²) in [4.78, 5) is 19.1. The van der Waals surface area contributed by atoms with Gasteiger partial charge in [0.1, 0.15) is 16.8 Å². The molecular weight excluding hydrogens is 309 g/mol. The number of benzene rings is 1. The number of aryl methyl sites for hydroxylation is 1. The number of carbonyl (C=O) groups excluding carboxylic acids is 1. The number of rotatable bonds is 3. The highest BCUT2D eigenvalue weighted by Crippen LogP contribution is 2.30. The van der Waals surface area contributed by atoms with Gasteiger partial charge in [-0.1, -0.05) is 34.8 Å². The second-order valence-corrected chi connectivity index (χ2v) is 4.89. The van der Waals surface area contributed by atoms with Gasteiger partial charge in [0.05, 0.1) is 16.3 Å². The Bertz CT molecular complexity index is 646. The van der Waals surface area contributed by atoms with Gasteiger partial charge in [-0.3, -0.25) is 4.79 Å². The lowest BCUT2D eigenvalue weighted by atomic mass is 10.3. The summed E-state index contributed by atoms with van der Waals surface area (Å²) < 4.78 is 0. The average Bonchev–Trinajstić information content (AvgIpc) is 2.33. The SMILES string of the molecule is Cc1nc(Cl)c(C=O)c(Nc2cc(Cl)ccc2Cl)n1. The first-order chi connectivity index (χ1) is 9.01. The van der Waals surface area contributed by atoms with E-state index < -0.39 is 0 Å². The molecule has 1 aromatic carbocycles. The third kappa shape index (κ3) is 3.15. The minimum absolute atomic E-state index is 0.0863. The number of aromatic nitrogens is 2. The second kappa shape index (κ2) is 5.74. The molecule has 0 atom stereocenters. The van der Waals surface area contributed by atoms with E-state index >= 15 is 0 Å². The number of nitrogens with one attached hydrogen (secondary N) is 1. The van der Waals surface area contributed by atoms with Crippen LogP contribution in [0.25, 0.3) is 0 Å². The monoisotopic (exact) mass is 315 g/mol. The highest BCUT2D eigenvalue weighted by Gasteiger charge is 2.12. The quantitative estimate of drug-likeness (QED) is 0.677. The molecule has 4 nitrogen and oxygen atoms in total. The number of anilines is 2. The average molecular weight is 317 g/mol. The molecule has 98 valence electrons. The van der Waals surface area contributed by atoms with Crippen LogP contribution in [0.1, 0.15) is 16.2 Å². The third-order valence-corrected chi connectivity index (χ3v) is 3.16. The molecule has 0 amide bonds. The predicted molar refractivity (Wildman–Crippen MR) is 76.9 cm³/mol. The Morgan fingerprint density at radius 3 is 2.63 bits per heavy atom. The van der Waals surface area contributed by atoms with Gasteiger partial charge in [0.15, 0.2) is 6.29 Å². The fraction of sp³-hybridized carbons (Fsp3) is 0.0833. The summed E-state index contributed by atoms with van der Waals surface area (Å²) in [6.45, 7) is 1.67. The maximum atomic E-state index is 11.0. The summed E-state index contributed by atoms with van der Waals surface area (Å²) in [6, 6.07) is 4.93. The molecule has 0 spiro atoms. The molecule has 0 radical (unpaired) electrons. The van der Waals surface area contributed by atoms with Crippen LogP contribution in [0, 0.1) is 6.92 Å². The van der Waals surface area contributed by atoms with Crippen molar-refractivity contribution in [3.8, 4) is 0 Å². The smallest absolute Gasteiger partial charge is 0.156 e. The van der Waals surface area contributed by atoms with E-state index in [1.165, 1.54) is 0 Å². The summed E-state index contributed by atoms with van der Waals surface area (Å²) in [5.74, 6) is 0.730. The zero-order chi connectivity index (χ0) is 14.0. The van der Waals surface area contributed by atoms with Gasteiger partial charge >= 0.3 is 0 Å². The second-order valence-electron chi connectivity index (χ2n) is 3.69. The number of halogens is 3. The number of carbonyl (C=O) groups is 1. The van der Waals surface area contributed by atoms with Crippen molar-refractivity contribution in [3.63, 3.8) is 0 Å². The molecule has 2 aromatic rings. The molecule has 1 N–H and O–H groups in total. The molecule has 2 rings (SSSR count). The van der Waals surface area contributed by atoms with E-state index in [-0.39, 0.29) is 16.5 Å². The molecule has 0 saturated heterocycles. The summed E-state index contributed by atoms with van der Waals surface area (Å²) in [5, 5.41) is 3.98. The maximum Gasteiger partial charge on any atom is 0.156 e. The van der Waals surface area contributed by atoms with Gasteiger partial charge < -0.3 is 5.32 Å². The summed E-state index contributed by atoms with van der Waals surface area (Å²) >= 11 is 17.8. The Morgan fingerprint density at radius 1 is 1.21 bits per heavy atom. The van der Waals surface area contributed by atoms with Crippen LogP contribution in [-0.4, -0.2) is 16.3 Å². The normalized spacial score (nSPS) is 10.3. The Kier molecular flexibility index (Phi) is 4.24. The van der Waals surface area contributed by atoms with Crippen LogP contribution >= 0.6 is 34.8 Å². The van der Waals surface area contributed by atoms with Gasteiger partial charge in [0.25, 0.3) is 0 Å². The molecule has 7 heteroatoms. The van der Waals surface area contributed by atoms with Gasteiger partial charge in [-0.2, -0.15) is 0 Å². The van der Waals surface area contributed by atoms with E-state index in [9.17, 15) is 4.79 Å². The van der Waals surface area contributed by atoms with Crippen molar-refractivity contribution < 1.29 is 4.79 Å². The van der Waals surface area contributed by atoms with Crippen LogP contribution in [0.5, 0.6) is 0 Å². The topological polar surface area (TPSA) is 54.9 Å². The molecule has 1 heterocycles. The predicted octanol–water partition coefficient (Wildman–Crippen LogP) is 4.30. The highest BCUT2D eigenvalue weighted by molar-refractivity contribution is 6.35. The van der Waals surface area contributed by atoms with Gasteiger partial charge in [-0.15, -0.1) is 0 Å². The minimum Gasteiger partial charge on any atom is -0.338 e. The van der Waals surface area contributed by atoms with E-state index in [1.54, 1.807) is 25.1 Å². The van der Waals surface area contributed by atoms with Gasteiger partial charge in [-0.25, -0.2) is 9.97 Å². The lowest BCUT2D eigenvalue weighted by Gasteiger charge is -2.11. The molecular formula is C12H8Cl3N3O. The lowest BCUT2D eigenvalue weighted by Crippen LogP contribution is -2.03. The minimum atomic E-state index is 0.0863. The van der Waals surface area contributed by atoms with E-state index in [1.807, 2.05) is 0 Å². The van der Waals surface area contributed by atoms with E-state index in [0.29, 0.717) is 27.8 Å². The van der Waals surface area contributed by atoms with Crippen molar-refractivity contribution in [2.45, 2.75) is 6.92 Å². The molecule has 1 aromatic heterocycles. The number of hydrogen-bond donors (Lipinski definition) is 1. The first kappa shape index (κ1) is 14.1. The largest absolute Gasteiger partial charge is 0.338 e. The fourth-order valence-corrected chi connectivity index (χ4v) is 2.06. The standard InChI is InChI=1S/C12H8Cl3N3O/c1-6-16-11(15)8(5-19)12(17-6)18-10-4-7(13)2-3-9(10)14/h2-5H,1H3,(H,16,17,18). The van der Waals surface area contributed by atoms with Crippen molar-refractivity contribution in [2.24, 2.45) is 0 Å². The Hall–Kier alpha value is -1.36. The van der Waals surface area contributed by atoms with Crippen molar-refractivity contribution in [2.75, 3.05) is 5.32 Å². The van der Waals surface area contributed by atoms with Crippen LogP contribution in [0.2, 0.25) is 15.2 Å². The maximum absolute atomic E-state index is 11.0. The van der Waals surface area contributed by atoms with Crippen LogP contribution in [0.15, 0.2) is 18.2 Å². The van der Waals surface area contributed by atoms with Gasteiger partial charge in [0.2, 0.25) is 0 Å². The van der Waals surface area contributed by atoms with Gasteiger partial charge in [-0.05, 0) is 25.1 Å². The first-order valence-corrected chi connectivity index (χ1v) is 6.36. The number of nitrogens with zero attached hydrogens (tertiary/aromatic N) is 2. The van der Waals surface area contributed by atoms with Crippen molar-refractivity contribution in [1.82, 2.24) is 9.97 Å². The molecule has 0 aliphatic heterocycles. The third-order valence-electron chi connectivity index (χ3n) is 2.31. The van der Waals surface area contributed by atoms with E-state index in [0.717, 1.165) is 0 Å². The Balaban J connectivity index is 2.48. The molecule has 0 saturated carbocycles. The van der Waals surface area contributed by atoms with E-state index in [2.05, 4.69) is 15.3 Å². The van der Waals surface area contributed by atoms with Crippen molar-refractivity contribution in [1.29, 1.82) is 0 Å². The van der Waals surface area contributed by atoms with Crippen LogP contribution < -0.4 is 5.32 Å². The first-order valence-electron chi connectivity index (χ1n) is 5.22. The summed E-state index contributed by atoms with van der Waals surface area (Å²) in [5.41, 5.74) is 0.703. The van der Waals surface area contributed by atoms with E-state index in [4.69, 9.17) is 34.8 Å². The molecule has 19 heavy (non-hydrogen) atoms. The zero-order valence-electron chi connectivity index (χ0n) is 9.75. The molecule has 0 unspecified atom stereocenters. The fourth-order valence-electron chi connectivity index (χ4n) is 1.47. The van der Waals surface area contributed by atoms with Crippen LogP contribution in [0.4, 0.5) is 11.5 Å². The molecule has 0 fully saturated rings. The molecule has 0 aliphatic rings. The number of aldehydes is 1. The molecule has 0 bridgehead atoms. The summed E-state index contributed by atoms with van der Waals surface area (Å²) in [7, 11) is 0. The number of hydrogen-bond acceptors (Lipinski definition) is 4. The zero-order valence-corrected chi connectivity index (χ0v) is 12.0. The molecule has 0 aliphatic carbocycles. The van der Waals surface area contributed by atoms with Gasteiger partial charge in [0, 0.05) is 5.02 Å². The van der Waals surface area contributed by atoms with Crippen molar-refractivity contribution >= 4 is 52.6 Å².